The molecule has 1 atom stereocenters. The topological polar surface area (TPSA) is 78.5 Å². The molecule has 174 valence electrons. The molecule has 35 heavy (non-hydrogen) atoms. The van der Waals surface area contributed by atoms with Crippen molar-refractivity contribution in [2.45, 2.75) is 12.8 Å². The summed E-state index contributed by atoms with van der Waals surface area (Å²) in [5.74, 6) is -1.75. The summed E-state index contributed by atoms with van der Waals surface area (Å²) in [5.41, 5.74) is 3.76. The van der Waals surface area contributed by atoms with E-state index in [0.717, 1.165) is 34.4 Å². The van der Waals surface area contributed by atoms with E-state index in [1.54, 1.807) is 23.3 Å². The predicted molar refractivity (Wildman–Crippen MR) is 127 cm³/mol. The lowest BCUT2D eigenvalue weighted by Gasteiger charge is -2.14. The molecule has 0 aliphatic rings. The van der Waals surface area contributed by atoms with Crippen LogP contribution in [-0.4, -0.2) is 29.5 Å². The molecule has 5 aromatic rings. The smallest absolute Gasteiger partial charge is 0.203 e. The molecule has 0 amide bonds. The van der Waals surface area contributed by atoms with E-state index in [4.69, 9.17) is 0 Å². The largest absolute Gasteiger partial charge is 0.288 e. The van der Waals surface area contributed by atoms with Gasteiger partial charge in [-0.25, -0.2) is 23.4 Å². The van der Waals surface area contributed by atoms with Crippen LogP contribution >= 0.6 is 0 Å². The van der Waals surface area contributed by atoms with E-state index < -0.39 is 11.6 Å². The molecule has 0 radical (unpaired) electrons. The average molecular weight is 470 g/mol. The van der Waals surface area contributed by atoms with E-state index in [-0.39, 0.29) is 17.0 Å². The Labute approximate surface area is 199 Å². The summed E-state index contributed by atoms with van der Waals surface area (Å²) in [6.07, 6.45) is 8.56. The first kappa shape index (κ1) is 22.3. The second kappa shape index (κ2) is 9.02. The summed E-state index contributed by atoms with van der Waals surface area (Å²) in [6, 6.07) is 12.4. The van der Waals surface area contributed by atoms with Crippen molar-refractivity contribution in [1.82, 2.24) is 29.5 Å². The van der Waals surface area contributed by atoms with Crippen LogP contribution in [0.1, 0.15) is 24.1 Å². The van der Waals surface area contributed by atoms with Crippen LogP contribution in [0.4, 0.5) is 8.78 Å². The average Bonchev–Trinajstić information content (AvgIpc) is 3.32. The molecule has 0 fully saturated rings. The monoisotopic (exact) mass is 470 g/mol. The molecular formula is C26H20F2N6O. The van der Waals surface area contributed by atoms with Crippen molar-refractivity contribution in [2.24, 2.45) is 7.05 Å². The molecule has 0 aliphatic carbocycles. The number of rotatable bonds is 5. The summed E-state index contributed by atoms with van der Waals surface area (Å²) < 4.78 is 30.1. The van der Waals surface area contributed by atoms with Gasteiger partial charge in [0.05, 0.1) is 11.9 Å². The molecule has 0 spiro atoms. The van der Waals surface area contributed by atoms with Gasteiger partial charge in [-0.3, -0.25) is 9.48 Å². The van der Waals surface area contributed by atoms with Gasteiger partial charge in [-0.05, 0) is 23.8 Å². The second-order valence-corrected chi connectivity index (χ2v) is 8.15. The minimum atomic E-state index is -0.986. The lowest BCUT2D eigenvalue weighted by Crippen LogP contribution is -2.19. The maximum Gasteiger partial charge on any atom is 0.203 e. The summed E-state index contributed by atoms with van der Waals surface area (Å²) in [7, 11) is 1.85. The van der Waals surface area contributed by atoms with Gasteiger partial charge in [-0.1, -0.05) is 25.1 Å². The van der Waals surface area contributed by atoms with E-state index in [2.05, 4.69) is 20.2 Å². The van der Waals surface area contributed by atoms with Crippen LogP contribution in [-0.2, 0) is 7.05 Å². The van der Waals surface area contributed by atoms with Gasteiger partial charge >= 0.3 is 0 Å². The molecule has 5 rings (SSSR count). The van der Waals surface area contributed by atoms with Crippen molar-refractivity contribution in [2.75, 3.05) is 0 Å². The number of aryl methyl sites for hydroxylation is 1. The van der Waals surface area contributed by atoms with Crippen molar-refractivity contribution >= 4 is 0 Å². The number of hydrogen-bond donors (Lipinski definition) is 0. The van der Waals surface area contributed by atoms with Crippen molar-refractivity contribution in [3.63, 3.8) is 0 Å². The highest BCUT2D eigenvalue weighted by atomic mass is 19.2. The van der Waals surface area contributed by atoms with Crippen LogP contribution in [0, 0.1) is 11.6 Å². The zero-order valence-corrected chi connectivity index (χ0v) is 18.9. The number of benzene rings is 2. The Kier molecular flexibility index (Phi) is 5.74. The van der Waals surface area contributed by atoms with Gasteiger partial charge in [-0.2, -0.15) is 10.2 Å². The van der Waals surface area contributed by atoms with E-state index in [0.29, 0.717) is 11.5 Å². The molecule has 0 aliphatic heterocycles. The Bertz CT molecular complexity index is 1580. The first-order valence-corrected chi connectivity index (χ1v) is 10.9. The molecule has 0 bridgehead atoms. The predicted octanol–water partition coefficient (Wildman–Crippen LogP) is 4.52. The highest BCUT2D eigenvalue weighted by molar-refractivity contribution is 5.63. The van der Waals surface area contributed by atoms with Crippen LogP contribution in [0.5, 0.6) is 0 Å². The van der Waals surface area contributed by atoms with Crippen LogP contribution in [0.15, 0.2) is 84.3 Å². The highest BCUT2D eigenvalue weighted by Gasteiger charge is 2.17. The first-order chi connectivity index (χ1) is 16.9. The van der Waals surface area contributed by atoms with Crippen LogP contribution in [0.2, 0.25) is 0 Å². The zero-order valence-electron chi connectivity index (χ0n) is 18.9. The van der Waals surface area contributed by atoms with Gasteiger partial charge in [0.2, 0.25) is 5.43 Å². The standard InChI is InChI=1S/C26H20F2N6O/c1-16(25-24(35)8-9-34(32-25)21-6-7-22(27)23(28)11-21)17-4-3-5-18(10-17)26-29-12-19(13-30-26)20-14-31-33(2)15-20/h3-16H,1-2H3. The molecule has 1 unspecified atom stereocenters. The van der Waals surface area contributed by atoms with Crippen molar-refractivity contribution in [3.8, 4) is 28.2 Å². The van der Waals surface area contributed by atoms with E-state index in [9.17, 15) is 13.6 Å². The summed E-state index contributed by atoms with van der Waals surface area (Å²) in [4.78, 5) is 21.6. The molecule has 0 saturated heterocycles. The van der Waals surface area contributed by atoms with Crippen molar-refractivity contribution in [1.29, 1.82) is 0 Å². The SMILES string of the molecule is CC(c1cccc(-c2ncc(-c3cnn(C)c3)cn2)c1)c1nn(-c2ccc(F)c(F)c2)ccc1=O. The minimum Gasteiger partial charge on any atom is -0.288 e. The van der Waals surface area contributed by atoms with Gasteiger partial charge in [-0.15, -0.1) is 0 Å². The molecule has 2 aromatic carbocycles. The Morgan fingerprint density at radius 2 is 1.69 bits per heavy atom. The van der Waals surface area contributed by atoms with Crippen molar-refractivity contribution in [3.05, 3.63) is 113 Å². The summed E-state index contributed by atoms with van der Waals surface area (Å²) in [5, 5.41) is 8.58. The zero-order chi connectivity index (χ0) is 24.5. The lowest BCUT2D eigenvalue weighted by molar-refractivity contribution is 0.507. The summed E-state index contributed by atoms with van der Waals surface area (Å²) >= 11 is 0. The molecule has 7 nitrogen and oxygen atoms in total. The van der Waals surface area contributed by atoms with E-state index in [1.165, 1.54) is 23.0 Å². The van der Waals surface area contributed by atoms with E-state index in [1.807, 2.05) is 44.4 Å². The maximum absolute atomic E-state index is 13.7. The minimum absolute atomic E-state index is 0.251. The number of hydrogen-bond acceptors (Lipinski definition) is 5. The fourth-order valence-corrected chi connectivity index (χ4v) is 3.80. The molecule has 3 heterocycles. The number of nitrogens with zero attached hydrogens (tertiary/aromatic N) is 6. The van der Waals surface area contributed by atoms with E-state index >= 15 is 0 Å². The lowest BCUT2D eigenvalue weighted by atomic mass is 9.95. The number of aromatic nitrogens is 6. The van der Waals surface area contributed by atoms with Crippen LogP contribution < -0.4 is 5.43 Å². The van der Waals surface area contributed by atoms with Gasteiger partial charge in [0.25, 0.3) is 0 Å². The van der Waals surface area contributed by atoms with Crippen molar-refractivity contribution < 1.29 is 8.78 Å². The van der Waals surface area contributed by atoms with Gasteiger partial charge in [0, 0.05) is 66.6 Å². The Morgan fingerprint density at radius 3 is 2.40 bits per heavy atom. The summed E-state index contributed by atoms with van der Waals surface area (Å²) in [6.45, 7) is 1.87. The second-order valence-electron chi connectivity index (χ2n) is 8.15. The molecule has 3 aromatic heterocycles. The Balaban J connectivity index is 1.45. The fraction of sp³-hybridized carbons (Fsp3) is 0.115. The number of halogens is 2. The maximum atomic E-state index is 13.7. The highest BCUT2D eigenvalue weighted by Crippen LogP contribution is 2.26. The third-order valence-corrected chi connectivity index (χ3v) is 5.75. The van der Waals surface area contributed by atoms with Gasteiger partial charge in [0.15, 0.2) is 17.5 Å². The molecule has 0 saturated carbocycles. The third-order valence-electron chi connectivity index (χ3n) is 5.75. The first-order valence-electron chi connectivity index (χ1n) is 10.9. The molecular weight excluding hydrogens is 450 g/mol. The Hall–Kier alpha value is -4.53. The normalized spacial score (nSPS) is 12.0. The molecule has 0 N–H and O–H groups in total. The van der Waals surface area contributed by atoms with Gasteiger partial charge in [0.1, 0.15) is 5.69 Å². The third kappa shape index (κ3) is 4.48. The van der Waals surface area contributed by atoms with Gasteiger partial charge < -0.3 is 0 Å². The fourth-order valence-electron chi connectivity index (χ4n) is 3.80. The quantitative estimate of drug-likeness (QED) is 0.377. The Morgan fingerprint density at radius 1 is 0.886 bits per heavy atom. The molecule has 9 heteroatoms. The van der Waals surface area contributed by atoms with Crippen LogP contribution in [0.25, 0.3) is 28.2 Å². The van der Waals surface area contributed by atoms with Crippen LogP contribution in [0.3, 0.4) is 0 Å².